The first-order valence-corrected chi connectivity index (χ1v) is 7.28. The molecule has 2 unspecified atom stereocenters. The molecule has 1 aliphatic heterocycles. The van der Waals surface area contributed by atoms with Crippen molar-refractivity contribution < 1.29 is 9.72 Å². The van der Waals surface area contributed by atoms with Crippen LogP contribution in [0.3, 0.4) is 0 Å². The van der Waals surface area contributed by atoms with Crippen molar-refractivity contribution >= 4 is 11.6 Å². The molecule has 1 aromatic carbocycles. The molecule has 1 N–H and O–H groups in total. The number of nitrogens with one attached hydrogen (secondary N) is 1. The van der Waals surface area contributed by atoms with Crippen molar-refractivity contribution in [3.05, 3.63) is 39.9 Å². The first-order chi connectivity index (χ1) is 9.99. The molecular weight excluding hydrogens is 270 g/mol. The minimum Gasteiger partial charge on any atom is -0.341 e. The Bertz CT molecular complexity index is 509. The molecule has 2 rings (SSSR count). The first-order valence-electron chi connectivity index (χ1n) is 7.28. The summed E-state index contributed by atoms with van der Waals surface area (Å²) in [5.74, 6) is 0.126. The fourth-order valence-corrected chi connectivity index (χ4v) is 2.64. The Morgan fingerprint density at radius 3 is 2.33 bits per heavy atom. The van der Waals surface area contributed by atoms with Crippen LogP contribution >= 0.6 is 0 Å². The lowest BCUT2D eigenvalue weighted by Crippen LogP contribution is -2.44. The minimum atomic E-state index is -0.415. The maximum atomic E-state index is 12.2. The van der Waals surface area contributed by atoms with E-state index in [1.165, 1.54) is 12.1 Å². The van der Waals surface area contributed by atoms with Crippen LogP contribution in [0.25, 0.3) is 0 Å². The highest BCUT2D eigenvalue weighted by molar-refractivity contribution is 5.81. The van der Waals surface area contributed by atoms with Crippen LogP contribution in [0.4, 0.5) is 5.69 Å². The summed E-state index contributed by atoms with van der Waals surface area (Å²) in [6.45, 7) is 5.50. The molecule has 1 fully saturated rings. The molecule has 114 valence electrons. The van der Waals surface area contributed by atoms with Gasteiger partial charge in [-0.05, 0) is 32.3 Å². The third-order valence-corrected chi connectivity index (χ3v) is 3.89. The number of rotatable bonds is 5. The molecular formula is C15H21N3O3. The van der Waals surface area contributed by atoms with Gasteiger partial charge in [0.2, 0.25) is 5.91 Å². The second-order valence-corrected chi connectivity index (χ2v) is 5.49. The molecule has 0 spiro atoms. The number of non-ortho nitro benzene ring substituents is 1. The third-order valence-electron chi connectivity index (χ3n) is 3.89. The van der Waals surface area contributed by atoms with Crippen LogP contribution in [0.15, 0.2) is 24.3 Å². The maximum Gasteiger partial charge on any atom is 0.269 e. The summed E-state index contributed by atoms with van der Waals surface area (Å²) >= 11 is 0. The molecule has 6 nitrogen and oxygen atoms in total. The van der Waals surface area contributed by atoms with E-state index in [1.54, 1.807) is 12.1 Å². The van der Waals surface area contributed by atoms with Gasteiger partial charge in [-0.2, -0.15) is 0 Å². The van der Waals surface area contributed by atoms with E-state index in [4.69, 9.17) is 0 Å². The lowest BCUT2D eigenvalue weighted by atomic mass is 10.1. The van der Waals surface area contributed by atoms with Gasteiger partial charge in [0.25, 0.3) is 5.69 Å². The summed E-state index contributed by atoms with van der Waals surface area (Å²) in [6.07, 6.45) is 2.16. The van der Waals surface area contributed by atoms with Crippen molar-refractivity contribution in [2.24, 2.45) is 0 Å². The average molecular weight is 291 g/mol. The fourth-order valence-electron chi connectivity index (χ4n) is 2.64. The Balaban J connectivity index is 1.94. The highest BCUT2D eigenvalue weighted by Crippen LogP contribution is 2.18. The van der Waals surface area contributed by atoms with Gasteiger partial charge in [0.15, 0.2) is 0 Å². The van der Waals surface area contributed by atoms with Gasteiger partial charge in [-0.3, -0.25) is 20.2 Å². The first kappa shape index (κ1) is 15.4. The van der Waals surface area contributed by atoms with Crippen molar-refractivity contribution in [3.8, 4) is 0 Å². The number of benzene rings is 1. The van der Waals surface area contributed by atoms with Crippen molar-refractivity contribution in [2.75, 3.05) is 13.1 Å². The zero-order valence-electron chi connectivity index (χ0n) is 12.4. The number of amides is 1. The normalized spacial score (nSPS) is 17.5. The van der Waals surface area contributed by atoms with Crippen molar-refractivity contribution in [1.29, 1.82) is 0 Å². The van der Waals surface area contributed by atoms with Gasteiger partial charge in [0.1, 0.15) is 0 Å². The molecule has 0 radical (unpaired) electrons. The number of carbonyl (C=O) groups excluding carboxylic acids is 1. The van der Waals surface area contributed by atoms with Crippen LogP contribution in [0.1, 0.15) is 38.3 Å². The number of hydrogen-bond acceptors (Lipinski definition) is 4. The Kier molecular flexibility index (Phi) is 4.90. The Labute approximate surface area is 124 Å². The lowest BCUT2D eigenvalue weighted by Gasteiger charge is -2.24. The van der Waals surface area contributed by atoms with Gasteiger partial charge in [-0.25, -0.2) is 0 Å². The summed E-state index contributed by atoms with van der Waals surface area (Å²) in [6, 6.07) is 6.13. The van der Waals surface area contributed by atoms with Crippen LogP contribution < -0.4 is 5.32 Å². The Morgan fingerprint density at radius 1 is 1.24 bits per heavy atom. The summed E-state index contributed by atoms with van der Waals surface area (Å²) < 4.78 is 0. The van der Waals surface area contributed by atoms with E-state index < -0.39 is 4.92 Å². The van der Waals surface area contributed by atoms with Gasteiger partial charge >= 0.3 is 0 Å². The number of nitro benzene ring substituents is 1. The molecule has 0 saturated carbocycles. The summed E-state index contributed by atoms with van der Waals surface area (Å²) in [7, 11) is 0. The summed E-state index contributed by atoms with van der Waals surface area (Å²) in [5, 5.41) is 13.9. The number of hydrogen-bond donors (Lipinski definition) is 1. The summed E-state index contributed by atoms with van der Waals surface area (Å²) in [4.78, 5) is 24.3. The monoisotopic (exact) mass is 291 g/mol. The highest BCUT2D eigenvalue weighted by Gasteiger charge is 2.24. The molecule has 1 heterocycles. The van der Waals surface area contributed by atoms with Gasteiger partial charge in [0.05, 0.1) is 11.0 Å². The highest BCUT2D eigenvalue weighted by atomic mass is 16.6. The minimum absolute atomic E-state index is 0.0349. The number of nitro groups is 1. The third kappa shape index (κ3) is 3.78. The van der Waals surface area contributed by atoms with Crippen LogP contribution in [-0.4, -0.2) is 34.9 Å². The van der Waals surface area contributed by atoms with E-state index in [1.807, 2.05) is 18.7 Å². The largest absolute Gasteiger partial charge is 0.341 e. The molecule has 6 heteroatoms. The van der Waals surface area contributed by atoms with Crippen molar-refractivity contribution in [2.45, 2.75) is 38.8 Å². The standard InChI is InChI=1S/C15H21N3O3/c1-11(13-5-7-14(8-6-13)18(20)21)16-12(2)15(19)17-9-3-4-10-17/h5-8,11-12,16H,3-4,9-10H2,1-2H3. The average Bonchev–Trinajstić information content (AvgIpc) is 3.00. The van der Waals surface area contributed by atoms with Crippen LogP contribution in [0, 0.1) is 10.1 Å². The molecule has 0 aliphatic carbocycles. The van der Waals surface area contributed by atoms with Gasteiger partial charge in [-0.15, -0.1) is 0 Å². The van der Waals surface area contributed by atoms with E-state index in [-0.39, 0.29) is 23.7 Å². The maximum absolute atomic E-state index is 12.2. The molecule has 2 atom stereocenters. The van der Waals surface area contributed by atoms with Gasteiger partial charge in [-0.1, -0.05) is 12.1 Å². The van der Waals surface area contributed by atoms with Crippen LogP contribution in [-0.2, 0) is 4.79 Å². The predicted octanol–water partition coefficient (Wildman–Crippen LogP) is 2.26. The van der Waals surface area contributed by atoms with E-state index in [9.17, 15) is 14.9 Å². The van der Waals surface area contributed by atoms with E-state index in [0.29, 0.717) is 0 Å². The topological polar surface area (TPSA) is 75.5 Å². The molecule has 1 amide bonds. The number of nitrogens with zero attached hydrogens (tertiary/aromatic N) is 2. The Hall–Kier alpha value is -1.95. The second kappa shape index (κ2) is 6.67. The number of likely N-dealkylation sites (tertiary alicyclic amines) is 1. The zero-order valence-corrected chi connectivity index (χ0v) is 12.4. The van der Waals surface area contributed by atoms with Crippen LogP contribution in [0.2, 0.25) is 0 Å². The lowest BCUT2D eigenvalue weighted by molar-refractivity contribution is -0.384. The molecule has 21 heavy (non-hydrogen) atoms. The van der Waals surface area contributed by atoms with Crippen molar-refractivity contribution in [3.63, 3.8) is 0 Å². The van der Waals surface area contributed by atoms with E-state index in [2.05, 4.69) is 5.32 Å². The molecule has 1 aromatic rings. The summed E-state index contributed by atoms with van der Waals surface area (Å²) in [5.41, 5.74) is 1.01. The Morgan fingerprint density at radius 2 is 1.81 bits per heavy atom. The smallest absolute Gasteiger partial charge is 0.269 e. The molecule has 1 saturated heterocycles. The second-order valence-electron chi connectivity index (χ2n) is 5.49. The van der Waals surface area contributed by atoms with Crippen LogP contribution in [0.5, 0.6) is 0 Å². The fraction of sp³-hybridized carbons (Fsp3) is 0.533. The van der Waals surface area contributed by atoms with Gasteiger partial charge in [0, 0.05) is 31.3 Å². The quantitative estimate of drug-likeness (QED) is 0.667. The zero-order chi connectivity index (χ0) is 15.4. The molecule has 1 aliphatic rings. The van der Waals surface area contributed by atoms with Crippen molar-refractivity contribution in [1.82, 2.24) is 10.2 Å². The molecule has 0 bridgehead atoms. The number of carbonyl (C=O) groups is 1. The van der Waals surface area contributed by atoms with Gasteiger partial charge < -0.3 is 4.90 Å². The van der Waals surface area contributed by atoms with E-state index >= 15 is 0 Å². The SMILES string of the molecule is CC(NC(C)c1ccc([N+](=O)[O-])cc1)C(=O)N1CCCC1. The predicted molar refractivity (Wildman–Crippen MR) is 79.9 cm³/mol. The molecule has 0 aromatic heterocycles. The van der Waals surface area contributed by atoms with E-state index in [0.717, 1.165) is 31.5 Å².